The van der Waals surface area contributed by atoms with Crippen LogP contribution in [-0.4, -0.2) is 84.9 Å². The van der Waals surface area contributed by atoms with Gasteiger partial charge in [0.1, 0.15) is 30.3 Å². The molecule has 39 heavy (non-hydrogen) atoms. The SMILES string of the molecule is C=N.COc1cc2ncnc(Nc3ccc(F)c(Cl)c3)c2cc1OCCCN1CCN(CC(F)(F)F)C(=N)C1. The number of methoxy groups -OCH3 is 1. The highest BCUT2D eigenvalue weighted by Gasteiger charge is 2.33. The number of alkyl halides is 3. The van der Waals surface area contributed by atoms with E-state index in [-0.39, 0.29) is 23.9 Å². The van der Waals surface area contributed by atoms with Crippen molar-refractivity contribution >= 4 is 46.6 Å². The maximum Gasteiger partial charge on any atom is 0.405 e. The van der Waals surface area contributed by atoms with Crippen molar-refractivity contribution in [1.82, 2.24) is 19.8 Å². The van der Waals surface area contributed by atoms with E-state index in [4.69, 9.17) is 31.9 Å². The number of rotatable bonds is 9. The molecule has 3 N–H and O–H groups in total. The van der Waals surface area contributed by atoms with Crippen molar-refractivity contribution in [1.29, 1.82) is 10.8 Å². The molecule has 0 atom stereocenters. The smallest absolute Gasteiger partial charge is 0.405 e. The molecule has 1 aliphatic rings. The summed E-state index contributed by atoms with van der Waals surface area (Å²) in [6.07, 6.45) is -2.34. The van der Waals surface area contributed by atoms with Gasteiger partial charge in [0, 0.05) is 36.8 Å². The zero-order chi connectivity index (χ0) is 28.6. The number of amidine groups is 1. The summed E-state index contributed by atoms with van der Waals surface area (Å²) in [4.78, 5) is 11.6. The number of nitrogens with one attached hydrogen (secondary N) is 3. The normalized spacial score (nSPS) is 14.1. The molecule has 210 valence electrons. The van der Waals surface area contributed by atoms with Crippen molar-refractivity contribution < 1.29 is 27.0 Å². The summed E-state index contributed by atoms with van der Waals surface area (Å²) < 4.78 is 62.8. The quantitative estimate of drug-likeness (QED) is 0.181. The molecule has 2 aromatic carbocycles. The third-order valence-electron chi connectivity index (χ3n) is 5.79. The van der Waals surface area contributed by atoms with E-state index in [1.54, 1.807) is 18.2 Å². The van der Waals surface area contributed by atoms with Crippen LogP contribution in [0.4, 0.5) is 29.1 Å². The van der Waals surface area contributed by atoms with Crippen LogP contribution in [-0.2, 0) is 0 Å². The molecular formula is C25H28ClF4N7O2. The third-order valence-corrected chi connectivity index (χ3v) is 6.08. The molecule has 9 nitrogen and oxygen atoms in total. The maximum atomic E-state index is 13.5. The number of fused-ring (bicyclic) bond motifs is 1. The number of ether oxygens (including phenoxy) is 2. The van der Waals surface area contributed by atoms with E-state index in [9.17, 15) is 17.6 Å². The van der Waals surface area contributed by atoms with Crippen LogP contribution in [0.15, 0.2) is 36.7 Å². The first kappa shape index (κ1) is 29.8. The van der Waals surface area contributed by atoms with Gasteiger partial charge >= 0.3 is 6.18 Å². The Morgan fingerprint density at radius 1 is 1.13 bits per heavy atom. The Hall–Kier alpha value is -3.71. The summed E-state index contributed by atoms with van der Waals surface area (Å²) >= 11 is 5.88. The first-order valence-corrected chi connectivity index (χ1v) is 12.1. The molecule has 4 rings (SSSR count). The first-order valence-electron chi connectivity index (χ1n) is 11.8. The Labute approximate surface area is 227 Å². The Balaban J connectivity index is 0.00000205. The van der Waals surface area contributed by atoms with Crippen molar-refractivity contribution in [2.75, 3.05) is 51.8 Å². The second-order valence-corrected chi connectivity index (χ2v) is 8.87. The van der Waals surface area contributed by atoms with Gasteiger partial charge in [0.15, 0.2) is 11.5 Å². The van der Waals surface area contributed by atoms with Gasteiger partial charge in [-0.3, -0.25) is 10.3 Å². The van der Waals surface area contributed by atoms with Gasteiger partial charge < -0.3 is 25.1 Å². The molecule has 0 saturated carbocycles. The lowest BCUT2D eigenvalue weighted by Crippen LogP contribution is -2.52. The largest absolute Gasteiger partial charge is 0.493 e. The molecule has 1 saturated heterocycles. The van der Waals surface area contributed by atoms with Gasteiger partial charge in [-0.2, -0.15) is 13.2 Å². The molecule has 3 aromatic rings. The minimum absolute atomic E-state index is 0.0223. The third kappa shape index (κ3) is 8.14. The van der Waals surface area contributed by atoms with Crippen LogP contribution < -0.4 is 14.8 Å². The van der Waals surface area contributed by atoms with E-state index >= 15 is 0 Å². The number of hydrogen-bond donors (Lipinski definition) is 3. The molecule has 0 spiro atoms. The summed E-state index contributed by atoms with van der Waals surface area (Å²) in [7, 11) is 1.51. The van der Waals surface area contributed by atoms with Gasteiger partial charge in [-0.1, -0.05) is 11.6 Å². The Morgan fingerprint density at radius 3 is 2.56 bits per heavy atom. The fourth-order valence-electron chi connectivity index (χ4n) is 3.99. The van der Waals surface area contributed by atoms with Gasteiger partial charge in [0.2, 0.25) is 0 Å². The first-order chi connectivity index (χ1) is 18.6. The van der Waals surface area contributed by atoms with Crippen LogP contribution in [0.1, 0.15) is 6.42 Å². The van der Waals surface area contributed by atoms with Gasteiger partial charge in [-0.25, -0.2) is 14.4 Å². The number of hydrogen-bond acceptors (Lipinski definition) is 8. The van der Waals surface area contributed by atoms with Crippen molar-refractivity contribution in [2.45, 2.75) is 12.6 Å². The van der Waals surface area contributed by atoms with Crippen molar-refractivity contribution in [3.05, 3.63) is 47.5 Å². The Bertz CT molecular complexity index is 1300. The highest BCUT2D eigenvalue weighted by Crippen LogP contribution is 2.35. The van der Waals surface area contributed by atoms with Crippen LogP contribution in [0.3, 0.4) is 0 Å². The van der Waals surface area contributed by atoms with Crippen molar-refractivity contribution in [3.8, 4) is 11.5 Å². The van der Waals surface area contributed by atoms with Crippen LogP contribution in [0, 0.1) is 16.6 Å². The summed E-state index contributed by atoms with van der Waals surface area (Å²) in [6.45, 7) is 3.06. The lowest BCUT2D eigenvalue weighted by Gasteiger charge is -2.36. The fourth-order valence-corrected chi connectivity index (χ4v) is 4.17. The molecule has 0 amide bonds. The van der Waals surface area contributed by atoms with Crippen molar-refractivity contribution in [3.63, 3.8) is 0 Å². The Kier molecular flexibility index (Phi) is 10.2. The predicted octanol–water partition coefficient (Wildman–Crippen LogP) is 5.37. The molecule has 0 radical (unpaired) electrons. The summed E-state index contributed by atoms with van der Waals surface area (Å²) in [5.74, 6) is 0.844. The zero-order valence-electron chi connectivity index (χ0n) is 21.1. The predicted molar refractivity (Wildman–Crippen MR) is 143 cm³/mol. The van der Waals surface area contributed by atoms with E-state index in [1.165, 1.54) is 25.6 Å². The number of benzene rings is 2. The highest BCUT2D eigenvalue weighted by atomic mass is 35.5. The number of anilines is 2. The summed E-state index contributed by atoms with van der Waals surface area (Å²) in [6, 6.07) is 7.71. The Morgan fingerprint density at radius 2 is 1.90 bits per heavy atom. The van der Waals surface area contributed by atoms with E-state index in [1.807, 2.05) is 4.90 Å². The fraction of sp³-hybridized carbons (Fsp3) is 0.360. The lowest BCUT2D eigenvalue weighted by atomic mass is 10.2. The standard InChI is InChI=1S/C24H25ClF4N6O2.CH3N/c1-36-20-11-19-16(23(32-14-31-19)33-15-3-4-18(26)17(25)9-15)10-21(20)37-8-2-5-34-6-7-35(22(30)12-34)13-24(27,28)29;1-2/h3-4,9-11,14,30H,2,5-8,12-13H2,1H3,(H,31,32,33);2H,1H2. The van der Waals surface area contributed by atoms with Gasteiger partial charge in [-0.05, 0) is 37.4 Å². The molecule has 0 bridgehead atoms. The number of aromatic nitrogens is 2. The van der Waals surface area contributed by atoms with Crippen LogP contribution in [0.5, 0.6) is 11.5 Å². The minimum atomic E-state index is -4.33. The number of halogens is 5. The van der Waals surface area contributed by atoms with Gasteiger partial charge in [0.25, 0.3) is 0 Å². The van der Waals surface area contributed by atoms with Crippen LogP contribution in [0.2, 0.25) is 5.02 Å². The molecule has 14 heteroatoms. The van der Waals surface area contributed by atoms with E-state index in [2.05, 4.69) is 22.0 Å². The average molecular weight is 570 g/mol. The molecule has 0 unspecified atom stereocenters. The van der Waals surface area contributed by atoms with Gasteiger partial charge in [-0.15, -0.1) is 0 Å². The molecule has 0 aliphatic carbocycles. The molecule has 1 fully saturated rings. The topological polar surface area (TPSA) is 110 Å². The van der Waals surface area contributed by atoms with E-state index in [0.29, 0.717) is 60.0 Å². The molecular weight excluding hydrogens is 542 g/mol. The van der Waals surface area contributed by atoms with E-state index < -0.39 is 18.5 Å². The van der Waals surface area contributed by atoms with Crippen LogP contribution in [0.25, 0.3) is 10.9 Å². The second kappa shape index (κ2) is 13.4. The van der Waals surface area contributed by atoms with Crippen molar-refractivity contribution in [2.24, 2.45) is 0 Å². The highest BCUT2D eigenvalue weighted by molar-refractivity contribution is 6.31. The number of piperazine rings is 1. The minimum Gasteiger partial charge on any atom is -0.493 e. The van der Waals surface area contributed by atoms with Gasteiger partial charge in [0.05, 0.1) is 30.8 Å². The van der Waals surface area contributed by atoms with Crippen LogP contribution >= 0.6 is 11.6 Å². The molecule has 1 aromatic heterocycles. The molecule has 1 aliphatic heterocycles. The zero-order valence-corrected chi connectivity index (χ0v) is 21.9. The summed E-state index contributed by atoms with van der Waals surface area (Å²) in [5, 5.41) is 17.2. The maximum absolute atomic E-state index is 13.5. The molecule has 2 heterocycles. The monoisotopic (exact) mass is 569 g/mol. The van der Waals surface area contributed by atoms with E-state index in [0.717, 1.165) is 4.90 Å². The lowest BCUT2D eigenvalue weighted by molar-refractivity contribution is -0.139. The second-order valence-electron chi connectivity index (χ2n) is 8.46. The summed E-state index contributed by atoms with van der Waals surface area (Å²) in [5.41, 5.74) is 1.15. The number of nitrogens with zero attached hydrogens (tertiary/aromatic N) is 4. The average Bonchev–Trinajstić information content (AvgIpc) is 2.90.